The fourth-order valence-electron chi connectivity index (χ4n) is 3.08. The first-order valence-electron chi connectivity index (χ1n) is 9.80. The van der Waals surface area contributed by atoms with Crippen LogP contribution >= 0.6 is 0 Å². The van der Waals surface area contributed by atoms with E-state index in [4.69, 9.17) is 9.47 Å². The largest absolute Gasteiger partial charge is 0.493 e. The average molecular weight is 437 g/mol. The van der Waals surface area contributed by atoms with Crippen molar-refractivity contribution in [1.82, 2.24) is 0 Å². The number of para-hydroxylation sites is 1. The lowest BCUT2D eigenvalue weighted by Crippen LogP contribution is -2.30. The van der Waals surface area contributed by atoms with Crippen LogP contribution in [0.15, 0.2) is 66.7 Å². The fourth-order valence-corrected chi connectivity index (χ4v) is 3.08. The molecular formula is C24H24FN3O4. The van der Waals surface area contributed by atoms with Crippen molar-refractivity contribution in [2.45, 2.75) is 0 Å². The van der Waals surface area contributed by atoms with Gasteiger partial charge in [-0.15, -0.1) is 0 Å². The maximum absolute atomic E-state index is 13.1. The average Bonchev–Trinajstić information content (AvgIpc) is 2.80. The SMILES string of the molecule is COc1ccc(N(C)CC(=O)Nc2ccccc2C(=O)Nc2ccc(F)cc2)cc1OC. The smallest absolute Gasteiger partial charge is 0.257 e. The molecule has 0 unspecified atom stereocenters. The Bertz CT molecular complexity index is 1100. The standard InChI is InChI=1S/C24H24FN3O4/c1-28(18-12-13-21(31-2)22(14-18)32-3)15-23(29)27-20-7-5-4-6-19(20)24(30)26-17-10-8-16(25)9-11-17/h4-14H,15H2,1-3H3,(H,26,30)(H,27,29). The number of likely N-dealkylation sites (N-methyl/N-ethyl adjacent to an activating group) is 1. The molecule has 8 heteroatoms. The molecule has 0 fully saturated rings. The second-order valence-corrected chi connectivity index (χ2v) is 6.95. The van der Waals surface area contributed by atoms with Gasteiger partial charge in [-0.25, -0.2) is 4.39 Å². The van der Waals surface area contributed by atoms with Crippen molar-refractivity contribution < 1.29 is 23.5 Å². The van der Waals surface area contributed by atoms with Crippen LogP contribution in [0.3, 0.4) is 0 Å². The van der Waals surface area contributed by atoms with Crippen LogP contribution in [0.5, 0.6) is 11.5 Å². The second-order valence-electron chi connectivity index (χ2n) is 6.95. The van der Waals surface area contributed by atoms with Crippen LogP contribution in [-0.2, 0) is 4.79 Å². The minimum Gasteiger partial charge on any atom is -0.493 e. The third-order valence-electron chi connectivity index (χ3n) is 4.74. The molecule has 0 heterocycles. The van der Waals surface area contributed by atoms with Crippen LogP contribution in [-0.4, -0.2) is 39.6 Å². The number of carbonyl (C=O) groups is 2. The molecule has 0 radical (unpaired) electrons. The zero-order chi connectivity index (χ0) is 23.1. The van der Waals surface area contributed by atoms with Crippen LogP contribution in [0.4, 0.5) is 21.5 Å². The van der Waals surface area contributed by atoms with E-state index in [-0.39, 0.29) is 12.5 Å². The molecule has 166 valence electrons. The van der Waals surface area contributed by atoms with Crippen molar-refractivity contribution in [1.29, 1.82) is 0 Å². The normalized spacial score (nSPS) is 10.2. The van der Waals surface area contributed by atoms with Crippen LogP contribution in [0.2, 0.25) is 0 Å². The third kappa shape index (κ3) is 5.54. The van der Waals surface area contributed by atoms with Crippen molar-refractivity contribution in [3.63, 3.8) is 0 Å². The monoisotopic (exact) mass is 437 g/mol. The highest BCUT2D eigenvalue weighted by Crippen LogP contribution is 2.31. The van der Waals surface area contributed by atoms with Gasteiger partial charge in [-0.1, -0.05) is 12.1 Å². The number of hydrogen-bond acceptors (Lipinski definition) is 5. The van der Waals surface area contributed by atoms with E-state index in [9.17, 15) is 14.0 Å². The van der Waals surface area contributed by atoms with E-state index >= 15 is 0 Å². The van der Waals surface area contributed by atoms with E-state index in [0.29, 0.717) is 28.4 Å². The summed E-state index contributed by atoms with van der Waals surface area (Å²) >= 11 is 0. The number of carbonyl (C=O) groups excluding carboxylic acids is 2. The van der Waals surface area contributed by atoms with Crippen LogP contribution in [0.25, 0.3) is 0 Å². The molecule has 3 rings (SSSR count). The van der Waals surface area contributed by atoms with Gasteiger partial charge < -0.3 is 25.0 Å². The topological polar surface area (TPSA) is 79.9 Å². The van der Waals surface area contributed by atoms with Crippen LogP contribution in [0.1, 0.15) is 10.4 Å². The Labute approximate surface area is 185 Å². The van der Waals surface area contributed by atoms with Crippen molar-refractivity contribution in [3.8, 4) is 11.5 Å². The highest BCUT2D eigenvalue weighted by atomic mass is 19.1. The molecule has 0 saturated carbocycles. The first-order valence-corrected chi connectivity index (χ1v) is 9.80. The van der Waals surface area contributed by atoms with Crippen molar-refractivity contribution in [2.75, 3.05) is 43.3 Å². The zero-order valence-corrected chi connectivity index (χ0v) is 18.0. The minimum atomic E-state index is -0.416. The lowest BCUT2D eigenvalue weighted by atomic mass is 10.1. The number of methoxy groups -OCH3 is 2. The first kappa shape index (κ1) is 22.6. The van der Waals surface area contributed by atoms with Crippen molar-refractivity contribution in [3.05, 3.63) is 78.1 Å². The summed E-state index contributed by atoms with van der Waals surface area (Å²) in [5, 5.41) is 5.48. The Kier molecular flexibility index (Phi) is 7.28. The van der Waals surface area contributed by atoms with E-state index in [1.807, 2.05) is 6.07 Å². The Morgan fingerprint density at radius 3 is 2.28 bits per heavy atom. The highest BCUT2D eigenvalue weighted by molar-refractivity contribution is 6.10. The maximum Gasteiger partial charge on any atom is 0.257 e. The molecule has 0 aliphatic rings. The van der Waals surface area contributed by atoms with E-state index in [2.05, 4.69) is 10.6 Å². The number of amides is 2. The van der Waals surface area contributed by atoms with Gasteiger partial charge in [0.1, 0.15) is 5.82 Å². The summed E-state index contributed by atoms with van der Waals surface area (Å²) in [6, 6.07) is 17.5. The van der Waals surface area contributed by atoms with E-state index in [1.54, 1.807) is 62.6 Å². The summed E-state index contributed by atoms with van der Waals surface area (Å²) < 4.78 is 23.6. The zero-order valence-electron chi connectivity index (χ0n) is 18.0. The Morgan fingerprint density at radius 2 is 1.59 bits per heavy atom. The number of hydrogen-bond donors (Lipinski definition) is 2. The third-order valence-corrected chi connectivity index (χ3v) is 4.74. The Hall–Kier alpha value is -4.07. The molecule has 0 aromatic heterocycles. The maximum atomic E-state index is 13.1. The molecule has 0 aliphatic heterocycles. The summed E-state index contributed by atoms with van der Waals surface area (Å²) in [5.74, 6) is 0.0367. The first-order chi connectivity index (χ1) is 15.4. The Balaban J connectivity index is 1.69. The molecule has 0 spiro atoms. The summed E-state index contributed by atoms with van der Waals surface area (Å²) in [6.07, 6.45) is 0. The van der Waals surface area contributed by atoms with Crippen molar-refractivity contribution >= 4 is 28.9 Å². The van der Waals surface area contributed by atoms with Gasteiger partial charge in [0, 0.05) is 24.5 Å². The number of ether oxygens (including phenoxy) is 2. The van der Waals surface area contributed by atoms with E-state index < -0.39 is 11.7 Å². The van der Waals surface area contributed by atoms with E-state index in [0.717, 1.165) is 5.69 Å². The Morgan fingerprint density at radius 1 is 0.906 bits per heavy atom. The molecule has 3 aromatic carbocycles. The summed E-state index contributed by atoms with van der Waals surface area (Å²) in [5.41, 5.74) is 1.88. The lowest BCUT2D eigenvalue weighted by molar-refractivity contribution is -0.114. The number of nitrogens with zero attached hydrogens (tertiary/aromatic N) is 1. The quantitative estimate of drug-likeness (QED) is 0.553. The molecule has 0 bridgehead atoms. The predicted molar refractivity (Wildman–Crippen MR) is 122 cm³/mol. The number of nitrogens with one attached hydrogen (secondary N) is 2. The number of halogens is 1. The molecule has 0 atom stereocenters. The van der Waals surface area contributed by atoms with Gasteiger partial charge in [0.25, 0.3) is 5.91 Å². The van der Waals surface area contributed by atoms with E-state index in [1.165, 1.54) is 24.3 Å². The number of benzene rings is 3. The van der Waals surface area contributed by atoms with Gasteiger partial charge in [-0.2, -0.15) is 0 Å². The van der Waals surface area contributed by atoms with Gasteiger partial charge in [0.05, 0.1) is 32.0 Å². The number of anilines is 3. The van der Waals surface area contributed by atoms with Crippen LogP contribution in [0, 0.1) is 5.82 Å². The molecule has 7 nitrogen and oxygen atoms in total. The summed E-state index contributed by atoms with van der Waals surface area (Å²) in [6.45, 7) is 0.0450. The van der Waals surface area contributed by atoms with Gasteiger partial charge in [0.2, 0.25) is 5.91 Å². The van der Waals surface area contributed by atoms with Gasteiger partial charge in [-0.3, -0.25) is 9.59 Å². The molecular weight excluding hydrogens is 413 g/mol. The minimum absolute atomic E-state index is 0.0450. The van der Waals surface area contributed by atoms with Crippen LogP contribution < -0.4 is 25.0 Å². The molecule has 2 amide bonds. The predicted octanol–water partition coefficient (Wildman–Crippen LogP) is 4.17. The summed E-state index contributed by atoms with van der Waals surface area (Å²) in [7, 11) is 4.87. The van der Waals surface area contributed by atoms with Gasteiger partial charge >= 0.3 is 0 Å². The lowest BCUT2D eigenvalue weighted by Gasteiger charge is -2.20. The summed E-state index contributed by atoms with van der Waals surface area (Å²) in [4.78, 5) is 27.1. The highest BCUT2D eigenvalue weighted by Gasteiger charge is 2.15. The molecule has 0 aliphatic carbocycles. The van der Waals surface area contributed by atoms with Gasteiger partial charge in [-0.05, 0) is 48.5 Å². The second kappa shape index (κ2) is 10.3. The molecule has 3 aromatic rings. The molecule has 32 heavy (non-hydrogen) atoms. The van der Waals surface area contributed by atoms with Gasteiger partial charge in [0.15, 0.2) is 11.5 Å². The number of rotatable bonds is 8. The fraction of sp³-hybridized carbons (Fsp3) is 0.167. The molecule has 0 saturated heterocycles. The van der Waals surface area contributed by atoms with Crippen molar-refractivity contribution in [2.24, 2.45) is 0 Å². The molecule has 2 N–H and O–H groups in total.